The molecule has 0 aromatic heterocycles. The van der Waals surface area contributed by atoms with E-state index in [4.69, 9.17) is 5.11 Å². The highest BCUT2D eigenvalue weighted by Gasteiger charge is 2.44. The molecule has 1 saturated carbocycles. The fourth-order valence-corrected chi connectivity index (χ4v) is 3.17. The molecule has 0 radical (unpaired) electrons. The van der Waals surface area contributed by atoms with Gasteiger partial charge in [0.05, 0.1) is 13.1 Å². The Morgan fingerprint density at radius 3 is 2.57 bits per heavy atom. The Balaban J connectivity index is 1.77. The largest absolute Gasteiger partial charge is 0.480 e. The summed E-state index contributed by atoms with van der Waals surface area (Å²) in [4.78, 5) is 25.9. The van der Waals surface area contributed by atoms with Crippen molar-refractivity contribution in [3.05, 3.63) is 0 Å². The van der Waals surface area contributed by atoms with Gasteiger partial charge in [-0.25, -0.2) is 13.6 Å². The van der Waals surface area contributed by atoms with Gasteiger partial charge in [-0.1, -0.05) is 13.8 Å². The minimum Gasteiger partial charge on any atom is -0.480 e. The number of rotatable bonds is 5. The van der Waals surface area contributed by atoms with Crippen molar-refractivity contribution in [3.8, 4) is 0 Å². The van der Waals surface area contributed by atoms with Gasteiger partial charge >= 0.3 is 12.0 Å². The first kappa shape index (κ1) is 17.9. The summed E-state index contributed by atoms with van der Waals surface area (Å²) in [5, 5.41) is 11.6. The van der Waals surface area contributed by atoms with Crippen molar-refractivity contribution >= 4 is 12.0 Å². The molecule has 2 amide bonds. The number of carboxylic acid groups (broad SMARTS) is 1. The molecular formula is C15H25F2N3O3. The minimum atomic E-state index is -2.84. The Kier molecular flexibility index (Phi) is 5.44. The van der Waals surface area contributed by atoms with Gasteiger partial charge in [0.1, 0.15) is 0 Å². The van der Waals surface area contributed by atoms with Crippen LogP contribution in [0.25, 0.3) is 0 Å². The van der Waals surface area contributed by atoms with Crippen LogP contribution in [-0.4, -0.2) is 71.1 Å². The number of alkyl halides is 2. The lowest BCUT2D eigenvalue weighted by atomic mass is 9.85. The van der Waals surface area contributed by atoms with Crippen molar-refractivity contribution in [3.63, 3.8) is 0 Å². The molecule has 2 rings (SSSR count). The van der Waals surface area contributed by atoms with E-state index in [9.17, 15) is 18.4 Å². The summed E-state index contributed by atoms with van der Waals surface area (Å²) in [6.07, 6.45) is 1.62. The molecule has 2 N–H and O–H groups in total. The molecule has 2 fully saturated rings. The third kappa shape index (κ3) is 4.31. The number of carbonyl (C=O) groups is 2. The Morgan fingerprint density at radius 2 is 2.04 bits per heavy atom. The second-order valence-corrected chi connectivity index (χ2v) is 6.60. The zero-order valence-corrected chi connectivity index (χ0v) is 13.6. The van der Waals surface area contributed by atoms with Crippen molar-refractivity contribution in [1.82, 2.24) is 15.1 Å². The fraction of sp³-hybridized carbons (Fsp3) is 0.867. The molecule has 0 bridgehead atoms. The number of carboxylic acids is 1. The molecule has 1 unspecified atom stereocenters. The number of nitrogens with one attached hydrogen (secondary N) is 1. The van der Waals surface area contributed by atoms with E-state index < -0.39 is 30.4 Å². The SMILES string of the molecule is CCN(CC(=O)O)C1CC(NC(=O)N2CCC(C)C(F)(F)C2)C1. The van der Waals surface area contributed by atoms with Crippen molar-refractivity contribution in [1.29, 1.82) is 0 Å². The van der Waals surface area contributed by atoms with Gasteiger partial charge in [-0.3, -0.25) is 9.69 Å². The van der Waals surface area contributed by atoms with E-state index in [-0.39, 0.29) is 18.6 Å². The average molecular weight is 333 g/mol. The summed E-state index contributed by atoms with van der Waals surface area (Å²) in [6, 6.07) is -0.381. The summed E-state index contributed by atoms with van der Waals surface area (Å²) in [5.41, 5.74) is 0. The van der Waals surface area contributed by atoms with E-state index >= 15 is 0 Å². The molecule has 0 aromatic carbocycles. The van der Waals surface area contributed by atoms with Crippen LogP contribution in [0.15, 0.2) is 0 Å². The summed E-state index contributed by atoms with van der Waals surface area (Å²) >= 11 is 0. The van der Waals surface area contributed by atoms with Crippen LogP contribution in [0.5, 0.6) is 0 Å². The molecule has 0 aromatic rings. The van der Waals surface area contributed by atoms with Gasteiger partial charge in [0.2, 0.25) is 0 Å². The maximum Gasteiger partial charge on any atom is 0.317 e. The quantitative estimate of drug-likeness (QED) is 0.802. The van der Waals surface area contributed by atoms with Crippen LogP contribution in [0.4, 0.5) is 13.6 Å². The van der Waals surface area contributed by atoms with E-state index in [1.54, 1.807) is 0 Å². The Hall–Kier alpha value is -1.44. The van der Waals surface area contributed by atoms with Gasteiger partial charge in [0.15, 0.2) is 0 Å². The van der Waals surface area contributed by atoms with Crippen LogP contribution in [0.3, 0.4) is 0 Å². The lowest BCUT2D eigenvalue weighted by Gasteiger charge is -2.43. The van der Waals surface area contributed by atoms with E-state index in [0.717, 1.165) is 0 Å². The van der Waals surface area contributed by atoms with Crippen LogP contribution in [0.1, 0.15) is 33.1 Å². The summed E-state index contributed by atoms with van der Waals surface area (Å²) < 4.78 is 27.4. The number of piperidine rings is 1. The lowest BCUT2D eigenvalue weighted by Crippen LogP contribution is -2.59. The molecule has 0 spiro atoms. The first-order valence-electron chi connectivity index (χ1n) is 8.12. The number of likely N-dealkylation sites (N-methyl/N-ethyl adjacent to an activating group) is 1. The van der Waals surface area contributed by atoms with Gasteiger partial charge in [0.25, 0.3) is 5.92 Å². The molecule has 1 atom stereocenters. The Bertz CT molecular complexity index is 455. The molecule has 2 aliphatic rings. The highest BCUT2D eigenvalue weighted by atomic mass is 19.3. The zero-order valence-electron chi connectivity index (χ0n) is 13.6. The van der Waals surface area contributed by atoms with Crippen LogP contribution in [-0.2, 0) is 4.79 Å². The van der Waals surface area contributed by atoms with Crippen LogP contribution in [0.2, 0.25) is 0 Å². The standard InChI is InChI=1S/C15H25F2N3O3/c1-3-19(8-13(21)22)12-6-11(7-12)18-14(23)20-5-4-10(2)15(16,17)9-20/h10-12H,3-9H2,1-2H3,(H,18,23)(H,21,22). The first-order valence-corrected chi connectivity index (χ1v) is 8.12. The van der Waals surface area contributed by atoms with Crippen molar-refractivity contribution in [2.45, 2.75) is 51.1 Å². The van der Waals surface area contributed by atoms with Crippen molar-refractivity contribution < 1.29 is 23.5 Å². The number of halogens is 2. The van der Waals surface area contributed by atoms with E-state index in [0.29, 0.717) is 32.4 Å². The van der Waals surface area contributed by atoms with Crippen LogP contribution < -0.4 is 5.32 Å². The number of carbonyl (C=O) groups excluding carboxylic acids is 1. The Morgan fingerprint density at radius 1 is 1.39 bits per heavy atom. The number of likely N-dealkylation sites (tertiary alicyclic amines) is 1. The monoisotopic (exact) mass is 333 g/mol. The predicted molar refractivity (Wildman–Crippen MR) is 80.5 cm³/mol. The first-order chi connectivity index (χ1) is 10.7. The topological polar surface area (TPSA) is 72.9 Å². The van der Waals surface area contributed by atoms with Gasteiger partial charge in [-0.2, -0.15) is 0 Å². The number of hydrogen-bond donors (Lipinski definition) is 2. The number of urea groups is 1. The molecule has 1 heterocycles. The van der Waals surface area contributed by atoms with Crippen molar-refractivity contribution in [2.75, 3.05) is 26.2 Å². The van der Waals surface area contributed by atoms with Gasteiger partial charge in [-0.15, -0.1) is 0 Å². The molecule has 1 saturated heterocycles. The zero-order chi connectivity index (χ0) is 17.2. The number of amides is 2. The highest BCUT2D eigenvalue weighted by Crippen LogP contribution is 2.32. The fourth-order valence-electron chi connectivity index (χ4n) is 3.17. The average Bonchev–Trinajstić information content (AvgIpc) is 2.42. The normalized spacial score (nSPS) is 30.0. The molecule has 1 aliphatic carbocycles. The van der Waals surface area contributed by atoms with E-state index in [1.807, 2.05) is 11.8 Å². The number of hydrogen-bond acceptors (Lipinski definition) is 3. The highest BCUT2D eigenvalue weighted by molar-refractivity contribution is 5.75. The molecule has 1 aliphatic heterocycles. The molecule has 6 nitrogen and oxygen atoms in total. The van der Waals surface area contributed by atoms with Crippen LogP contribution in [0, 0.1) is 5.92 Å². The molecular weight excluding hydrogens is 308 g/mol. The number of nitrogens with zero attached hydrogens (tertiary/aromatic N) is 2. The van der Waals surface area contributed by atoms with Crippen molar-refractivity contribution in [2.24, 2.45) is 5.92 Å². The lowest BCUT2D eigenvalue weighted by molar-refractivity contribution is -0.139. The van der Waals surface area contributed by atoms with Gasteiger partial charge in [-0.05, 0) is 25.8 Å². The third-order valence-electron chi connectivity index (χ3n) is 4.94. The second-order valence-electron chi connectivity index (χ2n) is 6.60. The minimum absolute atomic E-state index is 0.0158. The number of aliphatic carboxylic acids is 1. The van der Waals surface area contributed by atoms with Gasteiger partial charge in [0, 0.05) is 24.5 Å². The molecule has 8 heteroatoms. The third-order valence-corrected chi connectivity index (χ3v) is 4.94. The molecule has 132 valence electrons. The summed E-state index contributed by atoms with van der Waals surface area (Å²) in [5.74, 6) is -4.41. The van der Waals surface area contributed by atoms with Crippen LogP contribution >= 0.6 is 0 Å². The molecule has 23 heavy (non-hydrogen) atoms. The summed E-state index contributed by atoms with van der Waals surface area (Å²) in [7, 11) is 0. The maximum absolute atomic E-state index is 13.7. The van der Waals surface area contributed by atoms with E-state index in [1.165, 1.54) is 11.8 Å². The Labute approximate surface area is 134 Å². The second kappa shape index (κ2) is 6.98. The summed E-state index contributed by atoms with van der Waals surface area (Å²) in [6.45, 7) is 3.83. The smallest absolute Gasteiger partial charge is 0.317 e. The predicted octanol–water partition coefficient (Wildman–Crippen LogP) is 1.61. The van der Waals surface area contributed by atoms with Gasteiger partial charge < -0.3 is 15.3 Å². The maximum atomic E-state index is 13.7. The van der Waals surface area contributed by atoms with E-state index in [2.05, 4.69) is 5.32 Å².